The van der Waals surface area contributed by atoms with Crippen LogP contribution < -0.4 is 14.8 Å². The lowest BCUT2D eigenvalue weighted by Gasteiger charge is -2.04. The zero-order chi connectivity index (χ0) is 20.4. The van der Waals surface area contributed by atoms with Crippen LogP contribution in [0.5, 0.6) is 5.75 Å². The van der Waals surface area contributed by atoms with Crippen molar-refractivity contribution in [2.45, 2.75) is 13.3 Å². The molecule has 2 aromatic carbocycles. The van der Waals surface area contributed by atoms with Gasteiger partial charge in [-0.1, -0.05) is 30.4 Å². The number of para-hydroxylation sites is 1. The van der Waals surface area contributed by atoms with Gasteiger partial charge in [0.1, 0.15) is 5.75 Å². The highest BCUT2D eigenvalue weighted by atomic mass is 32.1. The molecule has 0 atom stereocenters. The average Bonchev–Trinajstić information content (AvgIpc) is 3.27. The molecule has 0 radical (unpaired) electrons. The summed E-state index contributed by atoms with van der Waals surface area (Å²) in [6.45, 7) is 2.69. The molecule has 0 unspecified atom stereocenters. The molecule has 2 aromatic heterocycles. The third kappa shape index (κ3) is 3.72. The molecule has 0 saturated heterocycles. The van der Waals surface area contributed by atoms with Crippen molar-refractivity contribution < 1.29 is 9.66 Å². The molecule has 2 heterocycles. The Balaban J connectivity index is 1.70. The van der Waals surface area contributed by atoms with Crippen LogP contribution in [-0.4, -0.2) is 26.1 Å². The summed E-state index contributed by atoms with van der Waals surface area (Å²) in [6.07, 6.45) is 2.43. The Hall–Kier alpha value is -3.59. The first-order chi connectivity index (χ1) is 14.1. The van der Waals surface area contributed by atoms with E-state index >= 15 is 0 Å². The number of thiazole rings is 1. The van der Waals surface area contributed by atoms with E-state index in [4.69, 9.17) is 4.74 Å². The van der Waals surface area contributed by atoms with E-state index in [1.807, 2.05) is 31.2 Å². The van der Waals surface area contributed by atoms with Crippen molar-refractivity contribution in [2.75, 3.05) is 6.61 Å². The Morgan fingerprint density at radius 3 is 2.66 bits per heavy atom. The molecule has 29 heavy (non-hydrogen) atoms. The maximum Gasteiger partial charge on any atom is 0.291 e. The fourth-order valence-corrected chi connectivity index (χ4v) is 3.69. The summed E-state index contributed by atoms with van der Waals surface area (Å²) in [4.78, 5) is 28.2. The summed E-state index contributed by atoms with van der Waals surface area (Å²) in [5.41, 5.74) is 0.720. The van der Waals surface area contributed by atoms with Crippen molar-refractivity contribution in [2.24, 2.45) is 0 Å². The number of aromatic nitrogens is 3. The number of hydrogen-bond donors (Lipinski definition) is 0. The number of benzene rings is 2. The Kier molecular flexibility index (Phi) is 5.05. The first-order valence-electron chi connectivity index (χ1n) is 8.95. The number of nitro groups is 1. The maximum atomic E-state index is 12.7. The molecular formula is C20H16N4O4S. The number of nitrogens with zero attached hydrogens (tertiary/aromatic N) is 4. The minimum absolute atomic E-state index is 0.0584. The van der Waals surface area contributed by atoms with E-state index in [1.54, 1.807) is 18.2 Å². The molecule has 0 spiro atoms. The van der Waals surface area contributed by atoms with Crippen LogP contribution in [0.3, 0.4) is 0 Å². The molecule has 0 aliphatic rings. The highest BCUT2D eigenvalue weighted by Gasteiger charge is 2.14. The number of rotatable bonds is 6. The van der Waals surface area contributed by atoms with Crippen molar-refractivity contribution >= 4 is 28.1 Å². The van der Waals surface area contributed by atoms with E-state index < -0.39 is 4.92 Å². The standard InChI is InChI=1S/C20H16N4O4S/c1-2-11-28-15-9-7-13(8-10-15)18-21-20-23(22-18)19(25)17(29-20)12-14-5-3-4-6-16(14)24(26)27/h3-10,12H,2,11H2,1H3. The van der Waals surface area contributed by atoms with Crippen molar-refractivity contribution in [1.29, 1.82) is 0 Å². The van der Waals surface area contributed by atoms with Crippen molar-refractivity contribution in [3.8, 4) is 17.1 Å². The Morgan fingerprint density at radius 2 is 1.97 bits per heavy atom. The predicted molar refractivity (Wildman–Crippen MR) is 110 cm³/mol. The minimum atomic E-state index is -0.473. The van der Waals surface area contributed by atoms with Gasteiger partial charge in [0.15, 0.2) is 5.82 Å². The molecule has 0 aliphatic heterocycles. The van der Waals surface area contributed by atoms with E-state index in [-0.39, 0.29) is 11.2 Å². The molecule has 0 bridgehead atoms. The normalized spacial score (nSPS) is 11.8. The predicted octanol–water partition coefficient (Wildman–Crippen LogP) is 3.06. The van der Waals surface area contributed by atoms with Crippen LogP contribution in [0.1, 0.15) is 18.9 Å². The van der Waals surface area contributed by atoms with Crippen molar-refractivity contribution in [3.63, 3.8) is 0 Å². The molecule has 0 N–H and O–H groups in total. The molecule has 8 nitrogen and oxygen atoms in total. The molecule has 4 aromatic rings. The van der Waals surface area contributed by atoms with Crippen molar-refractivity contribution in [1.82, 2.24) is 14.6 Å². The van der Waals surface area contributed by atoms with Gasteiger partial charge in [-0.3, -0.25) is 14.9 Å². The molecular weight excluding hydrogens is 392 g/mol. The van der Waals surface area contributed by atoms with Crippen LogP contribution in [0.15, 0.2) is 53.3 Å². The summed E-state index contributed by atoms with van der Waals surface area (Å²) >= 11 is 1.14. The summed E-state index contributed by atoms with van der Waals surface area (Å²) in [5, 5.41) is 15.5. The lowest BCUT2D eigenvalue weighted by Crippen LogP contribution is -2.23. The number of ether oxygens (including phenoxy) is 1. The van der Waals surface area contributed by atoms with Crippen LogP contribution in [0, 0.1) is 10.1 Å². The molecule has 0 aliphatic carbocycles. The second-order valence-corrected chi connectivity index (χ2v) is 7.24. The van der Waals surface area contributed by atoms with Crippen LogP contribution in [0.4, 0.5) is 5.69 Å². The fourth-order valence-electron chi connectivity index (χ4n) is 2.79. The Bertz CT molecular complexity index is 1290. The molecule has 9 heteroatoms. The lowest BCUT2D eigenvalue weighted by atomic mass is 10.2. The number of hydrogen-bond acceptors (Lipinski definition) is 7. The van der Waals surface area contributed by atoms with Gasteiger partial charge in [0.05, 0.1) is 21.6 Å². The van der Waals surface area contributed by atoms with Gasteiger partial charge in [0.25, 0.3) is 11.2 Å². The lowest BCUT2D eigenvalue weighted by molar-refractivity contribution is -0.385. The second kappa shape index (κ2) is 7.80. The zero-order valence-corrected chi connectivity index (χ0v) is 16.3. The van der Waals surface area contributed by atoms with Gasteiger partial charge in [-0.25, -0.2) is 0 Å². The molecule has 4 rings (SSSR count). The molecule has 0 saturated carbocycles. The largest absolute Gasteiger partial charge is 0.494 e. The van der Waals surface area contributed by atoms with E-state index in [0.717, 1.165) is 29.1 Å². The molecule has 0 amide bonds. The zero-order valence-electron chi connectivity index (χ0n) is 15.4. The third-order valence-corrected chi connectivity index (χ3v) is 5.15. The average molecular weight is 408 g/mol. The first kappa shape index (κ1) is 18.8. The summed E-state index contributed by atoms with van der Waals surface area (Å²) in [5.74, 6) is 1.20. The summed E-state index contributed by atoms with van der Waals surface area (Å²) < 4.78 is 7.12. The monoisotopic (exact) mass is 408 g/mol. The van der Waals surface area contributed by atoms with Gasteiger partial charge in [0.2, 0.25) is 4.96 Å². The first-order valence-corrected chi connectivity index (χ1v) is 9.76. The maximum absolute atomic E-state index is 12.7. The van der Waals surface area contributed by atoms with Crippen molar-refractivity contribution in [3.05, 3.63) is 79.1 Å². The third-order valence-electron chi connectivity index (χ3n) is 4.19. The fraction of sp³-hybridized carbons (Fsp3) is 0.150. The van der Waals surface area contributed by atoms with Gasteiger partial charge in [-0.2, -0.15) is 9.50 Å². The van der Waals surface area contributed by atoms with Crippen LogP contribution in [-0.2, 0) is 0 Å². The van der Waals surface area contributed by atoms with E-state index in [1.165, 1.54) is 16.7 Å². The topological polar surface area (TPSA) is 99.6 Å². The second-order valence-electron chi connectivity index (χ2n) is 6.23. The van der Waals surface area contributed by atoms with Gasteiger partial charge in [-0.05, 0) is 42.8 Å². The Morgan fingerprint density at radius 1 is 1.21 bits per heavy atom. The number of fused-ring (bicyclic) bond motifs is 1. The van der Waals surface area contributed by atoms with E-state index in [0.29, 0.717) is 27.5 Å². The SMILES string of the molecule is CCCOc1ccc(-c2nc3sc(=Cc4ccccc4[N+](=O)[O-])c(=O)n3n2)cc1. The van der Waals surface area contributed by atoms with Crippen LogP contribution in [0.25, 0.3) is 22.4 Å². The number of nitro benzene ring substituents is 1. The summed E-state index contributed by atoms with van der Waals surface area (Å²) in [6, 6.07) is 13.6. The van der Waals surface area contributed by atoms with Gasteiger partial charge in [-0.15, -0.1) is 5.10 Å². The summed E-state index contributed by atoms with van der Waals surface area (Å²) in [7, 11) is 0. The van der Waals surface area contributed by atoms with E-state index in [9.17, 15) is 14.9 Å². The highest BCUT2D eigenvalue weighted by Crippen LogP contribution is 2.21. The van der Waals surface area contributed by atoms with Crippen LogP contribution >= 0.6 is 11.3 Å². The van der Waals surface area contributed by atoms with Gasteiger partial charge >= 0.3 is 0 Å². The minimum Gasteiger partial charge on any atom is -0.494 e. The highest BCUT2D eigenvalue weighted by molar-refractivity contribution is 7.15. The van der Waals surface area contributed by atoms with Gasteiger partial charge in [0, 0.05) is 11.6 Å². The van der Waals surface area contributed by atoms with Crippen LogP contribution in [0.2, 0.25) is 0 Å². The van der Waals surface area contributed by atoms with E-state index in [2.05, 4.69) is 10.1 Å². The molecule has 0 fully saturated rings. The molecule has 146 valence electrons. The smallest absolute Gasteiger partial charge is 0.291 e. The quantitative estimate of drug-likeness (QED) is 0.359. The Labute approximate surface area is 168 Å². The van der Waals surface area contributed by atoms with Gasteiger partial charge < -0.3 is 4.74 Å².